The number of hydrogen-bond donors (Lipinski definition) is 0. The van der Waals surface area contributed by atoms with E-state index in [1.807, 2.05) is 42.6 Å². The van der Waals surface area contributed by atoms with Crippen LogP contribution in [0.4, 0.5) is 5.82 Å². The molecule has 1 aromatic carbocycles. The summed E-state index contributed by atoms with van der Waals surface area (Å²) < 4.78 is 0. The Hall–Kier alpha value is -1.58. The standard InChI is InChI=1S/C16H20ClN3/c1-19(2)10-11-20(16-8-3-4-9-18-16)13-14-6-5-7-15(17)12-14/h3-9,12H,10-11,13H2,1-2H3. The van der Waals surface area contributed by atoms with E-state index in [9.17, 15) is 0 Å². The number of rotatable bonds is 6. The Kier molecular flexibility index (Phi) is 5.39. The molecule has 1 heterocycles. The molecule has 2 aromatic rings. The molecule has 0 atom stereocenters. The minimum Gasteiger partial charge on any atom is -0.351 e. The molecule has 0 aliphatic heterocycles. The minimum absolute atomic E-state index is 0.774. The van der Waals surface area contributed by atoms with E-state index in [2.05, 4.69) is 34.9 Å². The van der Waals surface area contributed by atoms with E-state index in [0.29, 0.717) is 0 Å². The van der Waals surface area contributed by atoms with Crippen molar-refractivity contribution in [2.45, 2.75) is 6.54 Å². The van der Waals surface area contributed by atoms with Gasteiger partial charge in [0.15, 0.2) is 0 Å². The van der Waals surface area contributed by atoms with Crippen LogP contribution in [-0.2, 0) is 6.54 Å². The Balaban J connectivity index is 2.14. The lowest BCUT2D eigenvalue weighted by molar-refractivity contribution is 0.412. The number of anilines is 1. The Morgan fingerprint density at radius 1 is 1.05 bits per heavy atom. The topological polar surface area (TPSA) is 19.4 Å². The van der Waals surface area contributed by atoms with Gasteiger partial charge in [-0.1, -0.05) is 29.8 Å². The maximum atomic E-state index is 6.06. The normalized spacial score (nSPS) is 10.8. The molecule has 0 fully saturated rings. The first kappa shape index (κ1) is 14.8. The lowest BCUT2D eigenvalue weighted by atomic mass is 10.2. The van der Waals surface area contributed by atoms with Gasteiger partial charge in [0.2, 0.25) is 0 Å². The van der Waals surface area contributed by atoms with Crippen molar-refractivity contribution in [3.8, 4) is 0 Å². The van der Waals surface area contributed by atoms with Gasteiger partial charge >= 0.3 is 0 Å². The number of halogens is 1. The Labute approximate surface area is 125 Å². The molecule has 2 rings (SSSR count). The number of pyridine rings is 1. The Bertz CT molecular complexity index is 528. The first-order valence-electron chi connectivity index (χ1n) is 6.70. The fraction of sp³-hybridized carbons (Fsp3) is 0.312. The van der Waals surface area contributed by atoms with E-state index in [1.54, 1.807) is 0 Å². The van der Waals surface area contributed by atoms with Crippen LogP contribution in [0.25, 0.3) is 0 Å². The fourth-order valence-electron chi connectivity index (χ4n) is 1.99. The van der Waals surface area contributed by atoms with Crippen molar-refractivity contribution in [3.05, 3.63) is 59.2 Å². The lowest BCUT2D eigenvalue weighted by Gasteiger charge is -2.25. The highest BCUT2D eigenvalue weighted by molar-refractivity contribution is 6.30. The van der Waals surface area contributed by atoms with Gasteiger partial charge in [0.25, 0.3) is 0 Å². The Morgan fingerprint density at radius 2 is 1.90 bits per heavy atom. The molecular formula is C16H20ClN3. The summed E-state index contributed by atoms with van der Waals surface area (Å²) in [4.78, 5) is 8.89. The number of benzene rings is 1. The van der Waals surface area contributed by atoms with Crippen LogP contribution in [0.5, 0.6) is 0 Å². The van der Waals surface area contributed by atoms with Gasteiger partial charge in [-0.2, -0.15) is 0 Å². The third-order valence-corrected chi connectivity index (χ3v) is 3.29. The molecule has 4 heteroatoms. The van der Waals surface area contributed by atoms with Crippen LogP contribution in [0, 0.1) is 0 Å². The van der Waals surface area contributed by atoms with Gasteiger partial charge in [-0.3, -0.25) is 0 Å². The van der Waals surface area contributed by atoms with Crippen molar-refractivity contribution in [1.29, 1.82) is 0 Å². The highest BCUT2D eigenvalue weighted by Gasteiger charge is 2.09. The number of likely N-dealkylation sites (N-methyl/N-ethyl adjacent to an activating group) is 1. The highest BCUT2D eigenvalue weighted by Crippen LogP contribution is 2.16. The average Bonchev–Trinajstić information content (AvgIpc) is 2.44. The molecule has 0 aliphatic carbocycles. The summed E-state index contributed by atoms with van der Waals surface area (Å²) in [5.74, 6) is 0.995. The van der Waals surface area contributed by atoms with Crippen molar-refractivity contribution >= 4 is 17.4 Å². The molecule has 0 saturated heterocycles. The molecule has 0 bridgehead atoms. The molecule has 3 nitrogen and oxygen atoms in total. The first-order valence-corrected chi connectivity index (χ1v) is 7.08. The molecule has 0 spiro atoms. The van der Waals surface area contributed by atoms with E-state index in [-0.39, 0.29) is 0 Å². The monoisotopic (exact) mass is 289 g/mol. The summed E-state index contributed by atoms with van der Waals surface area (Å²) in [6.45, 7) is 2.72. The maximum Gasteiger partial charge on any atom is 0.128 e. The molecule has 0 saturated carbocycles. The van der Waals surface area contributed by atoms with Crippen LogP contribution in [-0.4, -0.2) is 37.1 Å². The zero-order valence-corrected chi connectivity index (χ0v) is 12.7. The third kappa shape index (κ3) is 4.51. The van der Waals surface area contributed by atoms with E-state index >= 15 is 0 Å². The second kappa shape index (κ2) is 7.27. The summed E-state index contributed by atoms with van der Waals surface area (Å²) in [5.41, 5.74) is 1.20. The van der Waals surface area contributed by atoms with Crippen LogP contribution < -0.4 is 4.90 Å². The molecule has 20 heavy (non-hydrogen) atoms. The summed E-state index contributed by atoms with van der Waals surface area (Å²) in [6, 6.07) is 14.0. The van der Waals surface area contributed by atoms with Crippen LogP contribution in [0.1, 0.15) is 5.56 Å². The van der Waals surface area contributed by atoms with Crippen molar-refractivity contribution in [2.75, 3.05) is 32.1 Å². The van der Waals surface area contributed by atoms with Gasteiger partial charge < -0.3 is 9.80 Å². The average molecular weight is 290 g/mol. The van der Waals surface area contributed by atoms with Crippen LogP contribution in [0.15, 0.2) is 48.7 Å². The van der Waals surface area contributed by atoms with Crippen molar-refractivity contribution in [2.24, 2.45) is 0 Å². The molecule has 0 radical (unpaired) electrons. The maximum absolute atomic E-state index is 6.06. The predicted octanol–water partition coefficient (Wildman–Crippen LogP) is 3.30. The van der Waals surface area contributed by atoms with Crippen molar-refractivity contribution in [3.63, 3.8) is 0 Å². The van der Waals surface area contributed by atoms with Gasteiger partial charge in [-0.05, 0) is 43.9 Å². The molecule has 0 unspecified atom stereocenters. The molecular weight excluding hydrogens is 270 g/mol. The molecule has 1 aromatic heterocycles. The van der Waals surface area contributed by atoms with Crippen LogP contribution in [0.3, 0.4) is 0 Å². The van der Waals surface area contributed by atoms with Gasteiger partial charge in [0.1, 0.15) is 5.82 Å². The lowest BCUT2D eigenvalue weighted by Crippen LogP contribution is -2.31. The predicted molar refractivity (Wildman–Crippen MR) is 85.3 cm³/mol. The molecule has 0 amide bonds. The first-order chi connectivity index (χ1) is 9.65. The SMILES string of the molecule is CN(C)CCN(Cc1cccc(Cl)c1)c1ccccn1. The van der Waals surface area contributed by atoms with Crippen LogP contribution in [0.2, 0.25) is 5.02 Å². The molecule has 0 N–H and O–H groups in total. The van der Waals surface area contributed by atoms with Crippen molar-refractivity contribution < 1.29 is 0 Å². The van der Waals surface area contributed by atoms with Crippen LogP contribution >= 0.6 is 11.6 Å². The van der Waals surface area contributed by atoms with Gasteiger partial charge in [0, 0.05) is 30.9 Å². The quantitative estimate of drug-likeness (QED) is 0.813. The van der Waals surface area contributed by atoms with E-state index in [1.165, 1.54) is 5.56 Å². The number of aromatic nitrogens is 1. The highest BCUT2D eigenvalue weighted by atomic mass is 35.5. The second-order valence-corrected chi connectivity index (χ2v) is 5.48. The molecule has 0 aliphatic rings. The van der Waals surface area contributed by atoms with E-state index in [4.69, 9.17) is 11.6 Å². The summed E-state index contributed by atoms with van der Waals surface area (Å²) in [5, 5.41) is 0.774. The second-order valence-electron chi connectivity index (χ2n) is 5.04. The summed E-state index contributed by atoms with van der Waals surface area (Å²) in [6.07, 6.45) is 1.83. The van der Waals surface area contributed by atoms with E-state index < -0.39 is 0 Å². The van der Waals surface area contributed by atoms with E-state index in [0.717, 1.165) is 30.5 Å². The third-order valence-electron chi connectivity index (χ3n) is 3.05. The Morgan fingerprint density at radius 3 is 2.55 bits per heavy atom. The number of hydrogen-bond acceptors (Lipinski definition) is 3. The van der Waals surface area contributed by atoms with Gasteiger partial charge in [0.05, 0.1) is 0 Å². The van der Waals surface area contributed by atoms with Gasteiger partial charge in [-0.15, -0.1) is 0 Å². The fourth-order valence-corrected chi connectivity index (χ4v) is 2.20. The largest absolute Gasteiger partial charge is 0.351 e. The zero-order valence-electron chi connectivity index (χ0n) is 12.0. The molecule has 106 valence electrons. The smallest absolute Gasteiger partial charge is 0.128 e. The number of nitrogens with zero attached hydrogens (tertiary/aromatic N) is 3. The van der Waals surface area contributed by atoms with Crippen molar-refractivity contribution in [1.82, 2.24) is 9.88 Å². The zero-order chi connectivity index (χ0) is 14.4. The minimum atomic E-state index is 0.774. The van der Waals surface area contributed by atoms with Gasteiger partial charge in [-0.25, -0.2) is 4.98 Å². The summed E-state index contributed by atoms with van der Waals surface area (Å²) >= 11 is 6.06. The summed E-state index contributed by atoms with van der Waals surface area (Å²) in [7, 11) is 4.16.